The Balaban J connectivity index is 2.22. The van der Waals surface area contributed by atoms with Crippen molar-refractivity contribution in [2.75, 3.05) is 25.1 Å². The van der Waals surface area contributed by atoms with Crippen LogP contribution >= 0.6 is 0 Å². The number of nitrogens with zero attached hydrogens (tertiary/aromatic N) is 1. The van der Waals surface area contributed by atoms with Crippen molar-refractivity contribution in [2.24, 2.45) is 0 Å². The third-order valence-electron chi connectivity index (χ3n) is 3.62. The van der Waals surface area contributed by atoms with Crippen LogP contribution in [0.4, 0.5) is 5.69 Å². The van der Waals surface area contributed by atoms with Gasteiger partial charge in [0.15, 0.2) is 0 Å². The predicted octanol–water partition coefficient (Wildman–Crippen LogP) is 1.75. The van der Waals surface area contributed by atoms with Gasteiger partial charge in [0.25, 0.3) is 0 Å². The minimum atomic E-state index is -3.61. The van der Waals surface area contributed by atoms with Crippen molar-refractivity contribution in [3.05, 3.63) is 18.5 Å². The second-order valence-electron chi connectivity index (χ2n) is 5.58. The standard InChI is InChI=1S/C14H23N3O3S/c1-3-7-16-12-4-8-15-11-13(12)21(18,19)17-14(2)5-9-20-10-6-14/h4,8,11,17H,3,5-7,9-10H2,1-2H3,(H,15,16). The zero-order valence-corrected chi connectivity index (χ0v) is 13.4. The molecule has 0 amide bonds. The van der Waals surface area contributed by atoms with Gasteiger partial charge in [-0.05, 0) is 32.3 Å². The summed E-state index contributed by atoms with van der Waals surface area (Å²) >= 11 is 0. The molecule has 118 valence electrons. The molecule has 21 heavy (non-hydrogen) atoms. The summed E-state index contributed by atoms with van der Waals surface area (Å²) < 4.78 is 33.4. The van der Waals surface area contributed by atoms with Gasteiger partial charge in [0.1, 0.15) is 4.90 Å². The second kappa shape index (κ2) is 6.72. The first-order valence-corrected chi connectivity index (χ1v) is 8.75. The summed E-state index contributed by atoms with van der Waals surface area (Å²) in [6.07, 6.45) is 5.24. The zero-order valence-electron chi connectivity index (χ0n) is 12.6. The molecular weight excluding hydrogens is 290 g/mol. The third kappa shape index (κ3) is 4.15. The monoisotopic (exact) mass is 313 g/mol. The van der Waals surface area contributed by atoms with Crippen LogP contribution in [-0.4, -0.2) is 38.7 Å². The summed E-state index contributed by atoms with van der Waals surface area (Å²) in [4.78, 5) is 4.15. The Labute approximate surface area is 126 Å². The van der Waals surface area contributed by atoms with Crippen LogP contribution in [-0.2, 0) is 14.8 Å². The molecular formula is C14H23N3O3S. The lowest BCUT2D eigenvalue weighted by Gasteiger charge is -2.34. The number of anilines is 1. The van der Waals surface area contributed by atoms with Crippen LogP contribution in [0.15, 0.2) is 23.4 Å². The largest absolute Gasteiger partial charge is 0.384 e. The van der Waals surface area contributed by atoms with E-state index in [1.165, 1.54) is 6.20 Å². The third-order valence-corrected chi connectivity index (χ3v) is 5.28. The van der Waals surface area contributed by atoms with E-state index in [0.29, 0.717) is 31.7 Å². The molecule has 0 spiro atoms. The van der Waals surface area contributed by atoms with Gasteiger partial charge in [0.2, 0.25) is 10.0 Å². The first-order chi connectivity index (χ1) is 9.97. The van der Waals surface area contributed by atoms with Crippen LogP contribution in [0.2, 0.25) is 0 Å². The zero-order chi connectivity index (χ0) is 15.3. The number of rotatable bonds is 6. The normalized spacial score (nSPS) is 18.4. The molecule has 2 rings (SSSR count). The molecule has 1 aromatic rings. The van der Waals surface area contributed by atoms with E-state index in [1.807, 2.05) is 13.8 Å². The van der Waals surface area contributed by atoms with Crippen LogP contribution in [0, 0.1) is 0 Å². The molecule has 6 nitrogen and oxygen atoms in total. The summed E-state index contributed by atoms with van der Waals surface area (Å²) in [6.45, 7) is 5.82. The van der Waals surface area contributed by atoms with Gasteiger partial charge in [-0.15, -0.1) is 0 Å². The van der Waals surface area contributed by atoms with E-state index in [-0.39, 0.29) is 4.90 Å². The molecule has 0 unspecified atom stereocenters. The molecule has 0 bridgehead atoms. The molecule has 0 aromatic carbocycles. The Morgan fingerprint density at radius 1 is 1.38 bits per heavy atom. The Bertz CT molecular complexity index is 569. The topological polar surface area (TPSA) is 80.3 Å². The van der Waals surface area contributed by atoms with Crippen molar-refractivity contribution < 1.29 is 13.2 Å². The van der Waals surface area contributed by atoms with Crippen LogP contribution < -0.4 is 10.0 Å². The fourth-order valence-corrected chi connectivity index (χ4v) is 3.90. The van der Waals surface area contributed by atoms with Crippen molar-refractivity contribution in [1.29, 1.82) is 0 Å². The number of sulfonamides is 1. The van der Waals surface area contributed by atoms with Crippen molar-refractivity contribution in [3.8, 4) is 0 Å². The molecule has 0 saturated carbocycles. The molecule has 0 radical (unpaired) electrons. The highest BCUT2D eigenvalue weighted by molar-refractivity contribution is 7.89. The van der Waals surface area contributed by atoms with Crippen LogP contribution in [0.1, 0.15) is 33.1 Å². The van der Waals surface area contributed by atoms with Crippen LogP contribution in [0.3, 0.4) is 0 Å². The van der Waals surface area contributed by atoms with Crippen molar-refractivity contribution in [3.63, 3.8) is 0 Å². The first kappa shape index (κ1) is 16.2. The smallest absolute Gasteiger partial charge is 0.244 e. The predicted molar refractivity (Wildman–Crippen MR) is 81.8 cm³/mol. The molecule has 1 aliphatic heterocycles. The maximum absolute atomic E-state index is 12.7. The van der Waals surface area contributed by atoms with E-state index in [1.54, 1.807) is 12.3 Å². The SMILES string of the molecule is CCCNc1ccncc1S(=O)(=O)NC1(C)CCOCC1. The van der Waals surface area contributed by atoms with Gasteiger partial charge in [0, 0.05) is 37.7 Å². The average Bonchev–Trinajstić information content (AvgIpc) is 2.45. The van der Waals surface area contributed by atoms with Crippen molar-refractivity contribution in [1.82, 2.24) is 9.71 Å². The fourth-order valence-electron chi connectivity index (χ4n) is 2.30. The molecule has 0 aliphatic carbocycles. The molecule has 2 heterocycles. The van der Waals surface area contributed by atoms with E-state index >= 15 is 0 Å². The number of hydrogen-bond donors (Lipinski definition) is 2. The quantitative estimate of drug-likeness (QED) is 0.836. The lowest BCUT2D eigenvalue weighted by atomic mass is 9.94. The highest BCUT2D eigenvalue weighted by atomic mass is 32.2. The van der Waals surface area contributed by atoms with Crippen molar-refractivity contribution >= 4 is 15.7 Å². The number of pyridine rings is 1. The highest BCUT2D eigenvalue weighted by Crippen LogP contribution is 2.25. The average molecular weight is 313 g/mol. The van der Waals surface area contributed by atoms with E-state index in [4.69, 9.17) is 4.74 Å². The maximum atomic E-state index is 12.7. The number of hydrogen-bond acceptors (Lipinski definition) is 5. The lowest BCUT2D eigenvalue weighted by molar-refractivity contribution is 0.0537. The minimum absolute atomic E-state index is 0.200. The minimum Gasteiger partial charge on any atom is -0.384 e. The van der Waals surface area contributed by atoms with Gasteiger partial charge in [-0.3, -0.25) is 4.98 Å². The molecule has 1 aliphatic rings. The van der Waals surface area contributed by atoms with Gasteiger partial charge < -0.3 is 10.1 Å². The first-order valence-electron chi connectivity index (χ1n) is 7.26. The highest BCUT2D eigenvalue weighted by Gasteiger charge is 2.33. The van der Waals surface area contributed by atoms with Crippen LogP contribution in [0.5, 0.6) is 0 Å². The number of nitrogens with one attached hydrogen (secondary N) is 2. The van der Waals surface area contributed by atoms with Crippen molar-refractivity contribution in [2.45, 2.75) is 43.5 Å². The second-order valence-corrected chi connectivity index (χ2v) is 7.23. The Kier molecular flexibility index (Phi) is 5.18. The van der Waals surface area contributed by atoms with Gasteiger partial charge in [0.05, 0.1) is 5.69 Å². The number of ether oxygens (including phenoxy) is 1. The molecule has 1 saturated heterocycles. The summed E-state index contributed by atoms with van der Waals surface area (Å²) in [5, 5.41) is 3.13. The summed E-state index contributed by atoms with van der Waals surface area (Å²) in [6, 6.07) is 1.69. The summed E-state index contributed by atoms with van der Waals surface area (Å²) in [5.74, 6) is 0. The maximum Gasteiger partial charge on any atom is 0.244 e. The van der Waals surface area contributed by atoms with Gasteiger partial charge in [-0.2, -0.15) is 0 Å². The molecule has 1 aromatic heterocycles. The van der Waals surface area contributed by atoms with Gasteiger partial charge >= 0.3 is 0 Å². The number of aromatic nitrogens is 1. The van der Waals surface area contributed by atoms with Gasteiger partial charge in [-0.1, -0.05) is 6.92 Å². The Morgan fingerprint density at radius 2 is 2.10 bits per heavy atom. The van der Waals surface area contributed by atoms with E-state index in [2.05, 4.69) is 15.0 Å². The van der Waals surface area contributed by atoms with Gasteiger partial charge in [-0.25, -0.2) is 13.1 Å². The van der Waals surface area contributed by atoms with Crippen LogP contribution in [0.25, 0.3) is 0 Å². The molecule has 2 N–H and O–H groups in total. The summed E-state index contributed by atoms with van der Waals surface area (Å²) in [7, 11) is -3.61. The lowest BCUT2D eigenvalue weighted by Crippen LogP contribution is -2.49. The Morgan fingerprint density at radius 3 is 2.76 bits per heavy atom. The summed E-state index contributed by atoms with van der Waals surface area (Å²) in [5.41, 5.74) is 0.129. The molecule has 1 fully saturated rings. The fraction of sp³-hybridized carbons (Fsp3) is 0.643. The molecule has 0 atom stereocenters. The Hall–Kier alpha value is -1.18. The van der Waals surface area contributed by atoms with E-state index in [9.17, 15) is 8.42 Å². The van der Waals surface area contributed by atoms with E-state index < -0.39 is 15.6 Å². The molecule has 7 heteroatoms. The van der Waals surface area contributed by atoms with E-state index in [0.717, 1.165) is 13.0 Å².